The van der Waals surface area contributed by atoms with E-state index in [9.17, 15) is 9.59 Å². The van der Waals surface area contributed by atoms with Crippen molar-refractivity contribution >= 4 is 46.4 Å². The van der Waals surface area contributed by atoms with Crippen LogP contribution in [0, 0.1) is 5.92 Å². The van der Waals surface area contributed by atoms with E-state index < -0.39 is 16.9 Å². The molecule has 5 heteroatoms. The van der Waals surface area contributed by atoms with E-state index in [0.29, 0.717) is 6.42 Å². The molecule has 2 unspecified atom stereocenters. The highest BCUT2D eigenvalue weighted by Gasteiger charge is 2.40. The Balaban J connectivity index is 1.94. The number of rotatable bonds is 17. The maximum Gasteiger partial charge on any atom is 0.242 e. The molecule has 0 heterocycles. The number of hydrogen-bond acceptors (Lipinski definition) is 2. The number of halogens is 3. The van der Waals surface area contributed by atoms with Crippen LogP contribution in [-0.2, 0) is 9.59 Å². The van der Waals surface area contributed by atoms with Gasteiger partial charge in [-0.15, -0.1) is 11.6 Å². The van der Waals surface area contributed by atoms with E-state index in [0.717, 1.165) is 12.8 Å². The van der Waals surface area contributed by atoms with E-state index in [1.54, 1.807) is 0 Å². The summed E-state index contributed by atoms with van der Waals surface area (Å²) in [6.45, 7) is 2.27. The zero-order chi connectivity index (χ0) is 21.5. The van der Waals surface area contributed by atoms with E-state index in [2.05, 4.69) is 6.92 Å². The lowest BCUT2D eigenvalue weighted by molar-refractivity contribution is -0.134. The fourth-order valence-electron chi connectivity index (χ4n) is 4.00. The number of ketones is 2. The van der Waals surface area contributed by atoms with Crippen LogP contribution in [0.15, 0.2) is 10.1 Å². The minimum absolute atomic E-state index is 0.143. The SMILES string of the molecule is CCCCCCCCCCCCCCCCCCC1C(Cl)=C(Cl)C(=O)C(=O)C1Cl. The van der Waals surface area contributed by atoms with Crippen LogP contribution >= 0.6 is 34.8 Å². The quantitative estimate of drug-likeness (QED) is 0.122. The highest BCUT2D eigenvalue weighted by Crippen LogP contribution is 2.37. The van der Waals surface area contributed by atoms with Gasteiger partial charge in [-0.05, 0) is 6.42 Å². The van der Waals surface area contributed by atoms with Crippen molar-refractivity contribution in [2.45, 2.75) is 121 Å². The molecule has 29 heavy (non-hydrogen) atoms. The van der Waals surface area contributed by atoms with E-state index in [1.807, 2.05) is 0 Å². The molecule has 0 aromatic heterocycles. The minimum atomic E-state index is -0.867. The number of carbonyl (C=O) groups excluding carboxylic acids is 2. The van der Waals surface area contributed by atoms with Crippen LogP contribution in [0.3, 0.4) is 0 Å². The van der Waals surface area contributed by atoms with Crippen molar-refractivity contribution in [1.82, 2.24) is 0 Å². The third-order valence-electron chi connectivity index (χ3n) is 5.93. The van der Waals surface area contributed by atoms with Crippen LogP contribution in [0.1, 0.15) is 116 Å². The van der Waals surface area contributed by atoms with Gasteiger partial charge >= 0.3 is 0 Å². The van der Waals surface area contributed by atoms with Gasteiger partial charge in [0.1, 0.15) is 10.4 Å². The number of hydrogen-bond donors (Lipinski definition) is 0. The first kappa shape index (κ1) is 27.0. The van der Waals surface area contributed by atoms with Gasteiger partial charge in [0.15, 0.2) is 0 Å². The summed E-state index contributed by atoms with van der Waals surface area (Å²) in [6, 6.07) is 0. The zero-order valence-corrected chi connectivity index (χ0v) is 20.4. The molecule has 0 aromatic carbocycles. The Morgan fingerprint density at radius 1 is 0.655 bits per heavy atom. The first-order valence-electron chi connectivity index (χ1n) is 11.8. The van der Waals surface area contributed by atoms with Crippen molar-refractivity contribution in [1.29, 1.82) is 0 Å². The molecule has 0 bridgehead atoms. The molecule has 168 valence electrons. The third-order valence-corrected chi connectivity index (χ3v) is 7.37. The van der Waals surface area contributed by atoms with Crippen LogP contribution in [0.5, 0.6) is 0 Å². The molecule has 1 rings (SSSR count). The first-order valence-corrected chi connectivity index (χ1v) is 13.0. The van der Waals surface area contributed by atoms with Crippen molar-refractivity contribution in [3.63, 3.8) is 0 Å². The summed E-state index contributed by atoms with van der Waals surface area (Å²) in [7, 11) is 0. The monoisotopic (exact) mass is 464 g/mol. The molecule has 1 aliphatic rings. The van der Waals surface area contributed by atoms with Crippen molar-refractivity contribution < 1.29 is 9.59 Å². The van der Waals surface area contributed by atoms with Gasteiger partial charge in [-0.2, -0.15) is 0 Å². The predicted octanol–water partition coefficient (Wildman–Crippen LogP) is 8.70. The molecular formula is C24H39Cl3O2. The summed E-state index contributed by atoms with van der Waals surface area (Å²) in [5, 5.41) is -0.749. The predicted molar refractivity (Wildman–Crippen MR) is 126 cm³/mol. The highest BCUT2D eigenvalue weighted by molar-refractivity contribution is 6.65. The van der Waals surface area contributed by atoms with E-state index >= 15 is 0 Å². The fourth-order valence-corrected chi connectivity index (χ4v) is 4.97. The summed E-state index contributed by atoms with van der Waals surface area (Å²) in [4.78, 5) is 23.4. The lowest BCUT2D eigenvalue weighted by Crippen LogP contribution is -2.36. The van der Waals surface area contributed by atoms with Gasteiger partial charge in [0.2, 0.25) is 11.6 Å². The first-order chi connectivity index (χ1) is 14.0. The van der Waals surface area contributed by atoms with Crippen molar-refractivity contribution in [3.8, 4) is 0 Å². The Kier molecular flexibility index (Phi) is 15.5. The maximum absolute atomic E-state index is 11.8. The molecule has 0 radical (unpaired) electrons. The molecule has 0 saturated carbocycles. The summed E-state index contributed by atoms with van der Waals surface area (Å²) in [6.07, 6.45) is 21.8. The molecule has 0 aromatic rings. The van der Waals surface area contributed by atoms with Gasteiger partial charge in [0, 0.05) is 11.0 Å². The van der Waals surface area contributed by atoms with Crippen molar-refractivity contribution in [3.05, 3.63) is 10.1 Å². The largest absolute Gasteiger partial charge is 0.289 e. The summed E-state index contributed by atoms with van der Waals surface area (Å²) in [5.41, 5.74) is 0. The van der Waals surface area contributed by atoms with E-state index in [-0.39, 0.29) is 16.0 Å². The second-order valence-corrected chi connectivity index (χ2v) is 9.71. The fraction of sp³-hybridized carbons (Fsp3) is 0.833. The molecule has 2 atom stereocenters. The molecule has 0 fully saturated rings. The van der Waals surface area contributed by atoms with Crippen molar-refractivity contribution in [2.24, 2.45) is 5.92 Å². The van der Waals surface area contributed by atoms with Gasteiger partial charge in [-0.3, -0.25) is 9.59 Å². The van der Waals surface area contributed by atoms with Gasteiger partial charge in [-0.1, -0.05) is 133 Å². The standard InChI is InChI=1S/C24H39Cl3O2/c1-2-3-4-5-6-7-8-9-10-11-12-13-14-15-16-17-18-19-20(25)22(27)24(29)23(28)21(19)26/h19,21H,2-18H2,1H3. The molecule has 0 N–H and O–H groups in total. The van der Waals surface area contributed by atoms with Crippen LogP contribution in [-0.4, -0.2) is 16.9 Å². The molecule has 0 aliphatic heterocycles. The van der Waals surface area contributed by atoms with E-state index in [4.69, 9.17) is 34.8 Å². The van der Waals surface area contributed by atoms with Crippen molar-refractivity contribution in [2.75, 3.05) is 0 Å². The minimum Gasteiger partial charge on any atom is -0.289 e. The van der Waals surface area contributed by atoms with Gasteiger partial charge < -0.3 is 0 Å². The number of carbonyl (C=O) groups is 2. The number of allylic oxidation sites excluding steroid dienone is 2. The highest BCUT2D eigenvalue weighted by atomic mass is 35.5. The summed E-state index contributed by atoms with van der Waals surface area (Å²) in [5.74, 6) is -1.69. The Morgan fingerprint density at radius 3 is 1.45 bits per heavy atom. The van der Waals surface area contributed by atoms with Gasteiger partial charge in [0.25, 0.3) is 0 Å². The summed E-state index contributed by atoms with van der Waals surface area (Å²) < 4.78 is 0. The third kappa shape index (κ3) is 10.7. The molecule has 0 amide bonds. The van der Waals surface area contributed by atoms with Crippen LogP contribution in [0.25, 0.3) is 0 Å². The summed E-state index contributed by atoms with van der Waals surface area (Å²) >= 11 is 18.1. The van der Waals surface area contributed by atoms with Crippen LogP contribution < -0.4 is 0 Å². The van der Waals surface area contributed by atoms with Gasteiger partial charge in [0.05, 0.1) is 0 Å². The second kappa shape index (κ2) is 16.6. The molecule has 0 spiro atoms. The zero-order valence-electron chi connectivity index (χ0n) is 18.1. The molecule has 0 saturated heterocycles. The molecule has 2 nitrogen and oxygen atoms in total. The molecule has 1 aliphatic carbocycles. The Bertz CT molecular complexity index is 516. The van der Waals surface area contributed by atoms with Crippen LogP contribution in [0.4, 0.5) is 0 Å². The smallest absolute Gasteiger partial charge is 0.242 e. The van der Waals surface area contributed by atoms with Crippen LogP contribution in [0.2, 0.25) is 0 Å². The van der Waals surface area contributed by atoms with Gasteiger partial charge in [-0.25, -0.2) is 0 Å². The maximum atomic E-state index is 11.8. The normalized spacial score (nSPS) is 20.0. The second-order valence-electron chi connectivity index (χ2n) is 8.46. The lowest BCUT2D eigenvalue weighted by Gasteiger charge is -2.25. The average molecular weight is 466 g/mol. The number of unbranched alkanes of at least 4 members (excludes halogenated alkanes) is 15. The number of alkyl halides is 1. The Labute approximate surface area is 193 Å². The Hall–Kier alpha value is -0.0500. The van der Waals surface area contributed by atoms with E-state index in [1.165, 1.54) is 89.9 Å². The molecular weight excluding hydrogens is 427 g/mol. The lowest BCUT2D eigenvalue weighted by atomic mass is 9.88. The number of Topliss-reactive ketones (excluding diaryl/α,β-unsaturated/α-hetero) is 2. The Morgan fingerprint density at radius 2 is 1.03 bits per heavy atom. The average Bonchev–Trinajstić information content (AvgIpc) is 2.72. The topological polar surface area (TPSA) is 34.1 Å².